The summed E-state index contributed by atoms with van der Waals surface area (Å²) in [6.07, 6.45) is 0.765. The number of halogens is 2. The molecule has 112 valence electrons. The van der Waals surface area contributed by atoms with E-state index in [2.05, 4.69) is 15.9 Å². The van der Waals surface area contributed by atoms with Gasteiger partial charge in [-0.25, -0.2) is 0 Å². The van der Waals surface area contributed by atoms with Gasteiger partial charge >= 0.3 is 0 Å². The molecular weight excluding hydrogens is 354 g/mol. The van der Waals surface area contributed by atoms with Crippen molar-refractivity contribution in [1.82, 2.24) is 0 Å². The first-order valence-corrected chi connectivity index (χ1v) is 7.75. The molecule has 0 radical (unpaired) electrons. The van der Waals surface area contributed by atoms with Crippen LogP contribution in [0.1, 0.15) is 11.1 Å². The molecule has 0 aliphatic carbocycles. The van der Waals surface area contributed by atoms with Crippen molar-refractivity contribution in [2.75, 3.05) is 13.7 Å². The van der Waals surface area contributed by atoms with Crippen LogP contribution in [-0.4, -0.2) is 13.7 Å². The second kappa shape index (κ2) is 7.69. The van der Waals surface area contributed by atoms with Crippen LogP contribution in [0.5, 0.6) is 11.5 Å². The van der Waals surface area contributed by atoms with Crippen LogP contribution in [0.25, 0.3) is 0 Å². The Morgan fingerprint density at radius 2 is 2.00 bits per heavy atom. The van der Waals surface area contributed by atoms with E-state index in [1.165, 1.54) is 0 Å². The molecule has 0 fully saturated rings. The molecule has 2 aromatic rings. The summed E-state index contributed by atoms with van der Waals surface area (Å²) in [6.45, 7) is 0.956. The molecule has 0 aliphatic rings. The lowest BCUT2D eigenvalue weighted by Crippen LogP contribution is -2.06. The van der Waals surface area contributed by atoms with Gasteiger partial charge in [-0.1, -0.05) is 23.7 Å². The first-order valence-electron chi connectivity index (χ1n) is 6.58. The van der Waals surface area contributed by atoms with Gasteiger partial charge in [-0.05, 0) is 58.7 Å². The van der Waals surface area contributed by atoms with Crippen molar-refractivity contribution in [1.29, 1.82) is 0 Å². The molecule has 0 aromatic heterocycles. The molecule has 2 rings (SSSR count). The van der Waals surface area contributed by atoms with Crippen molar-refractivity contribution in [3.8, 4) is 11.5 Å². The first kappa shape index (κ1) is 16.1. The van der Waals surface area contributed by atoms with E-state index in [0.29, 0.717) is 18.2 Å². The molecule has 2 N–H and O–H groups in total. The minimum Gasteiger partial charge on any atom is -0.496 e. The molecular formula is C16H17BrClNO2. The molecule has 5 heteroatoms. The second-order valence-electron chi connectivity index (χ2n) is 4.51. The van der Waals surface area contributed by atoms with Crippen molar-refractivity contribution in [2.24, 2.45) is 5.73 Å². The van der Waals surface area contributed by atoms with Crippen LogP contribution in [0.3, 0.4) is 0 Å². The third-order valence-corrected chi connectivity index (χ3v) is 3.94. The van der Waals surface area contributed by atoms with E-state index in [1.807, 2.05) is 30.3 Å². The van der Waals surface area contributed by atoms with Gasteiger partial charge in [0.1, 0.15) is 18.1 Å². The lowest BCUT2D eigenvalue weighted by Gasteiger charge is -2.15. The molecule has 0 spiro atoms. The van der Waals surface area contributed by atoms with Gasteiger partial charge in [-0.3, -0.25) is 0 Å². The quantitative estimate of drug-likeness (QED) is 0.829. The van der Waals surface area contributed by atoms with Crippen molar-refractivity contribution in [2.45, 2.75) is 13.0 Å². The van der Waals surface area contributed by atoms with Crippen molar-refractivity contribution in [3.63, 3.8) is 0 Å². The Hall–Kier alpha value is -1.23. The highest BCUT2D eigenvalue weighted by atomic mass is 79.9. The van der Waals surface area contributed by atoms with Crippen molar-refractivity contribution < 1.29 is 9.47 Å². The molecule has 0 saturated carbocycles. The number of methoxy groups -OCH3 is 1. The van der Waals surface area contributed by atoms with Crippen LogP contribution in [0.4, 0.5) is 0 Å². The first-order chi connectivity index (χ1) is 10.2. The Labute approximate surface area is 138 Å². The Bertz CT molecular complexity index is 619. The average Bonchev–Trinajstić information content (AvgIpc) is 2.47. The van der Waals surface area contributed by atoms with Crippen LogP contribution < -0.4 is 15.2 Å². The highest BCUT2D eigenvalue weighted by molar-refractivity contribution is 9.10. The largest absolute Gasteiger partial charge is 0.496 e. The highest BCUT2D eigenvalue weighted by Crippen LogP contribution is 2.31. The van der Waals surface area contributed by atoms with Gasteiger partial charge < -0.3 is 15.2 Å². The second-order valence-corrected chi connectivity index (χ2v) is 5.80. The van der Waals surface area contributed by atoms with Gasteiger partial charge in [-0.15, -0.1) is 0 Å². The maximum Gasteiger partial charge on any atom is 0.137 e. The van der Waals surface area contributed by atoms with Gasteiger partial charge in [0, 0.05) is 10.6 Å². The normalized spacial score (nSPS) is 10.5. The third-order valence-electron chi connectivity index (χ3n) is 3.08. The summed E-state index contributed by atoms with van der Waals surface area (Å²) in [5.74, 6) is 1.57. The number of nitrogens with two attached hydrogens (primary N) is 1. The van der Waals surface area contributed by atoms with Crippen molar-refractivity contribution >= 4 is 27.5 Å². The standard InChI is InChI=1S/C16H17BrClNO2/c1-20-15-6-5-13(18)9-12(15)10-21-16-11(7-8-19)3-2-4-14(16)17/h2-6,9H,7-8,10,19H2,1H3. The molecule has 0 bridgehead atoms. The molecule has 0 unspecified atom stereocenters. The van der Waals surface area contributed by atoms with Crippen LogP contribution in [0, 0.1) is 0 Å². The van der Waals surface area contributed by atoms with Crippen LogP contribution in [0.15, 0.2) is 40.9 Å². The summed E-state index contributed by atoms with van der Waals surface area (Å²) < 4.78 is 12.2. The SMILES string of the molecule is COc1ccc(Cl)cc1COc1c(Br)cccc1CCN. The fraction of sp³-hybridized carbons (Fsp3) is 0.250. The molecule has 3 nitrogen and oxygen atoms in total. The Kier molecular flexibility index (Phi) is 5.91. The van der Waals surface area contributed by atoms with Gasteiger partial charge in [0.2, 0.25) is 0 Å². The summed E-state index contributed by atoms with van der Waals surface area (Å²) in [7, 11) is 1.63. The summed E-state index contributed by atoms with van der Waals surface area (Å²) in [5, 5.41) is 0.656. The number of rotatable bonds is 6. The van der Waals surface area contributed by atoms with E-state index in [1.54, 1.807) is 13.2 Å². The Balaban J connectivity index is 2.22. The van der Waals surface area contributed by atoms with E-state index >= 15 is 0 Å². The fourth-order valence-electron chi connectivity index (χ4n) is 2.08. The lowest BCUT2D eigenvalue weighted by molar-refractivity contribution is 0.292. The zero-order chi connectivity index (χ0) is 15.2. The minimum absolute atomic E-state index is 0.379. The number of para-hydroxylation sites is 1. The maximum absolute atomic E-state index is 6.03. The zero-order valence-corrected chi connectivity index (χ0v) is 14.1. The number of benzene rings is 2. The molecule has 0 aliphatic heterocycles. The van der Waals surface area contributed by atoms with E-state index in [4.69, 9.17) is 26.8 Å². The van der Waals surface area contributed by atoms with Gasteiger partial charge in [0.25, 0.3) is 0 Å². The van der Waals surface area contributed by atoms with Gasteiger partial charge in [0.15, 0.2) is 0 Å². The summed E-state index contributed by atoms with van der Waals surface area (Å²) in [6, 6.07) is 11.4. The van der Waals surface area contributed by atoms with Crippen LogP contribution >= 0.6 is 27.5 Å². The summed E-state index contributed by atoms with van der Waals surface area (Å²) in [4.78, 5) is 0. The van der Waals surface area contributed by atoms with Gasteiger partial charge in [-0.2, -0.15) is 0 Å². The van der Waals surface area contributed by atoms with Gasteiger partial charge in [0.05, 0.1) is 11.6 Å². The molecule has 0 heterocycles. The van der Waals surface area contributed by atoms with E-state index in [9.17, 15) is 0 Å². The summed E-state index contributed by atoms with van der Waals surface area (Å²) >= 11 is 9.55. The minimum atomic E-state index is 0.379. The van der Waals surface area contributed by atoms with E-state index < -0.39 is 0 Å². The predicted octanol–water partition coefficient (Wildman–Crippen LogP) is 4.19. The lowest BCUT2D eigenvalue weighted by atomic mass is 10.1. The number of ether oxygens (including phenoxy) is 2. The fourth-order valence-corrected chi connectivity index (χ4v) is 2.79. The van der Waals surface area contributed by atoms with Crippen LogP contribution in [0.2, 0.25) is 5.02 Å². The predicted molar refractivity (Wildman–Crippen MR) is 89.2 cm³/mol. The molecule has 0 amide bonds. The molecule has 0 atom stereocenters. The monoisotopic (exact) mass is 369 g/mol. The molecule has 0 saturated heterocycles. The Morgan fingerprint density at radius 1 is 1.19 bits per heavy atom. The zero-order valence-electron chi connectivity index (χ0n) is 11.7. The summed E-state index contributed by atoms with van der Waals surface area (Å²) in [5.41, 5.74) is 7.62. The molecule has 2 aromatic carbocycles. The third kappa shape index (κ3) is 4.13. The van der Waals surface area contributed by atoms with E-state index in [0.717, 1.165) is 33.5 Å². The van der Waals surface area contributed by atoms with E-state index in [-0.39, 0.29) is 0 Å². The van der Waals surface area contributed by atoms with Crippen LogP contribution in [-0.2, 0) is 13.0 Å². The van der Waals surface area contributed by atoms with Crippen molar-refractivity contribution in [3.05, 3.63) is 57.0 Å². The molecule has 21 heavy (non-hydrogen) atoms. The highest BCUT2D eigenvalue weighted by Gasteiger charge is 2.10. The smallest absolute Gasteiger partial charge is 0.137 e. The maximum atomic E-state index is 6.03. The number of hydrogen-bond acceptors (Lipinski definition) is 3. The average molecular weight is 371 g/mol. The Morgan fingerprint density at radius 3 is 2.71 bits per heavy atom. The topological polar surface area (TPSA) is 44.5 Å². The number of hydrogen-bond donors (Lipinski definition) is 1.